The van der Waals surface area contributed by atoms with Crippen LogP contribution in [0.2, 0.25) is 0 Å². The van der Waals surface area contributed by atoms with Crippen molar-refractivity contribution in [3.8, 4) is 11.1 Å². The van der Waals surface area contributed by atoms with E-state index < -0.39 is 5.69 Å². The molecular formula is C20H21N3O3. The van der Waals surface area contributed by atoms with Crippen LogP contribution < -0.4 is 11.2 Å². The molecule has 1 aliphatic heterocycles. The fourth-order valence-electron chi connectivity index (χ4n) is 3.47. The lowest BCUT2D eigenvalue weighted by Crippen LogP contribution is -2.37. The van der Waals surface area contributed by atoms with Gasteiger partial charge in [0.05, 0.1) is 24.1 Å². The van der Waals surface area contributed by atoms with Gasteiger partial charge in [0, 0.05) is 19.1 Å². The second kappa shape index (κ2) is 6.90. The number of benzene rings is 2. The Kier molecular flexibility index (Phi) is 4.44. The lowest BCUT2D eigenvalue weighted by atomic mass is 9.99. The van der Waals surface area contributed by atoms with E-state index in [0.29, 0.717) is 16.9 Å². The predicted molar refractivity (Wildman–Crippen MR) is 101 cm³/mol. The van der Waals surface area contributed by atoms with Gasteiger partial charge in [-0.2, -0.15) is 0 Å². The molecule has 26 heavy (non-hydrogen) atoms. The molecule has 0 spiro atoms. The number of nitrogens with zero attached hydrogens (tertiary/aromatic N) is 1. The van der Waals surface area contributed by atoms with Crippen LogP contribution in [0.25, 0.3) is 22.0 Å². The van der Waals surface area contributed by atoms with E-state index in [2.05, 4.69) is 46.1 Å². The summed E-state index contributed by atoms with van der Waals surface area (Å²) in [5, 5.41) is 0.480. The minimum Gasteiger partial charge on any atom is -0.379 e. The molecule has 6 heteroatoms. The van der Waals surface area contributed by atoms with Gasteiger partial charge in [0.1, 0.15) is 0 Å². The van der Waals surface area contributed by atoms with Gasteiger partial charge in [0.15, 0.2) is 0 Å². The first-order chi connectivity index (χ1) is 12.6. The maximum absolute atomic E-state index is 12.0. The van der Waals surface area contributed by atoms with Crippen molar-refractivity contribution in [2.75, 3.05) is 26.3 Å². The van der Waals surface area contributed by atoms with Crippen molar-refractivity contribution in [2.24, 2.45) is 0 Å². The maximum atomic E-state index is 12.0. The fraction of sp³-hybridized carbons (Fsp3) is 0.300. The van der Waals surface area contributed by atoms with Gasteiger partial charge < -0.3 is 9.72 Å². The monoisotopic (exact) mass is 351 g/mol. The van der Waals surface area contributed by atoms with E-state index in [-0.39, 0.29) is 5.56 Å². The van der Waals surface area contributed by atoms with Crippen LogP contribution in [0.5, 0.6) is 0 Å². The van der Waals surface area contributed by atoms with Crippen molar-refractivity contribution < 1.29 is 4.74 Å². The van der Waals surface area contributed by atoms with E-state index in [1.807, 2.05) is 12.1 Å². The lowest BCUT2D eigenvalue weighted by Gasteiger charge is -2.32. The van der Waals surface area contributed by atoms with Crippen LogP contribution in [0.1, 0.15) is 18.5 Å². The molecule has 0 aliphatic carbocycles. The molecular weight excluding hydrogens is 330 g/mol. The van der Waals surface area contributed by atoms with E-state index in [4.69, 9.17) is 4.74 Å². The molecule has 2 N–H and O–H groups in total. The molecule has 2 heterocycles. The smallest absolute Gasteiger partial charge is 0.326 e. The first-order valence-electron chi connectivity index (χ1n) is 8.80. The normalized spacial score (nSPS) is 16.7. The van der Waals surface area contributed by atoms with Crippen LogP contribution in [-0.2, 0) is 4.74 Å². The number of aromatic amines is 2. The molecule has 0 unspecified atom stereocenters. The highest BCUT2D eigenvalue weighted by Gasteiger charge is 2.18. The van der Waals surface area contributed by atoms with E-state index >= 15 is 0 Å². The number of fused-ring (bicyclic) bond motifs is 1. The highest BCUT2D eigenvalue weighted by molar-refractivity contribution is 5.83. The lowest BCUT2D eigenvalue weighted by molar-refractivity contribution is 0.0198. The Hall–Kier alpha value is -2.70. The summed E-state index contributed by atoms with van der Waals surface area (Å²) < 4.78 is 5.42. The largest absolute Gasteiger partial charge is 0.379 e. The SMILES string of the molecule is C[C@H](c1ccc(-c2ccc3[nH]c(=O)[nH]c(=O)c3c2)cc1)N1CCOCC1. The zero-order valence-electron chi connectivity index (χ0n) is 14.6. The highest BCUT2D eigenvalue weighted by atomic mass is 16.5. The first-order valence-corrected chi connectivity index (χ1v) is 8.80. The predicted octanol–water partition coefficient (Wildman–Crippen LogP) is 2.28. The third-order valence-electron chi connectivity index (χ3n) is 5.06. The number of nitrogens with one attached hydrogen (secondary N) is 2. The molecule has 4 rings (SSSR count). The topological polar surface area (TPSA) is 78.2 Å². The zero-order valence-corrected chi connectivity index (χ0v) is 14.6. The van der Waals surface area contributed by atoms with E-state index in [0.717, 1.165) is 37.4 Å². The van der Waals surface area contributed by atoms with Crippen LogP contribution in [-0.4, -0.2) is 41.2 Å². The summed E-state index contributed by atoms with van der Waals surface area (Å²) >= 11 is 0. The molecule has 0 amide bonds. The number of H-pyrrole nitrogens is 2. The van der Waals surface area contributed by atoms with Crippen molar-refractivity contribution in [3.63, 3.8) is 0 Å². The third kappa shape index (κ3) is 3.21. The summed E-state index contributed by atoms with van der Waals surface area (Å²) in [5.74, 6) is 0. The van der Waals surface area contributed by atoms with Crippen LogP contribution in [0.15, 0.2) is 52.1 Å². The van der Waals surface area contributed by atoms with E-state index in [9.17, 15) is 9.59 Å². The molecule has 1 fully saturated rings. The van der Waals surface area contributed by atoms with Gasteiger partial charge in [-0.05, 0) is 35.7 Å². The Morgan fingerprint density at radius 2 is 1.65 bits per heavy atom. The Balaban J connectivity index is 1.63. The fourth-order valence-corrected chi connectivity index (χ4v) is 3.47. The van der Waals surface area contributed by atoms with Gasteiger partial charge >= 0.3 is 5.69 Å². The van der Waals surface area contributed by atoms with Crippen LogP contribution in [0.3, 0.4) is 0 Å². The molecule has 1 atom stereocenters. The molecule has 0 bridgehead atoms. The molecule has 1 saturated heterocycles. The molecule has 3 aromatic rings. The second-order valence-corrected chi connectivity index (χ2v) is 6.61. The van der Waals surface area contributed by atoms with Gasteiger partial charge in [0.25, 0.3) is 5.56 Å². The quantitative estimate of drug-likeness (QED) is 0.759. The Bertz CT molecular complexity index is 1030. The van der Waals surface area contributed by atoms with Gasteiger partial charge in [-0.25, -0.2) is 4.79 Å². The minimum absolute atomic E-state index is 0.345. The van der Waals surface area contributed by atoms with Gasteiger partial charge in [-0.3, -0.25) is 14.7 Å². The standard InChI is InChI=1S/C20H21N3O3/c1-13(23-8-10-26-11-9-23)14-2-4-15(5-3-14)16-6-7-18-17(12-16)19(24)22-20(25)21-18/h2-7,12-13H,8-11H2,1H3,(H2,21,22,24,25)/t13-/m1/s1. The number of hydrogen-bond acceptors (Lipinski definition) is 4. The summed E-state index contributed by atoms with van der Waals surface area (Å²) in [6.45, 7) is 5.70. The average Bonchev–Trinajstić information content (AvgIpc) is 2.68. The Morgan fingerprint density at radius 1 is 0.962 bits per heavy atom. The minimum atomic E-state index is -0.489. The average molecular weight is 351 g/mol. The summed E-state index contributed by atoms with van der Waals surface area (Å²) in [5.41, 5.74) is 2.93. The van der Waals surface area contributed by atoms with Crippen molar-refractivity contribution in [2.45, 2.75) is 13.0 Å². The highest BCUT2D eigenvalue weighted by Crippen LogP contribution is 2.26. The summed E-state index contributed by atoms with van der Waals surface area (Å²) in [4.78, 5) is 30.7. The van der Waals surface area contributed by atoms with Crippen LogP contribution in [0, 0.1) is 0 Å². The molecule has 2 aromatic carbocycles. The third-order valence-corrected chi connectivity index (χ3v) is 5.06. The molecule has 6 nitrogen and oxygen atoms in total. The van der Waals surface area contributed by atoms with E-state index in [1.54, 1.807) is 6.07 Å². The van der Waals surface area contributed by atoms with Crippen LogP contribution in [0.4, 0.5) is 0 Å². The first kappa shape index (κ1) is 16.8. The number of morpholine rings is 1. The van der Waals surface area contributed by atoms with Gasteiger partial charge in [-0.15, -0.1) is 0 Å². The maximum Gasteiger partial charge on any atom is 0.326 e. The van der Waals surface area contributed by atoms with Crippen molar-refractivity contribution in [3.05, 3.63) is 68.9 Å². The molecule has 134 valence electrons. The van der Waals surface area contributed by atoms with Gasteiger partial charge in [0.2, 0.25) is 0 Å². The molecule has 0 saturated carbocycles. The number of ether oxygens (including phenoxy) is 1. The number of hydrogen-bond donors (Lipinski definition) is 2. The van der Waals surface area contributed by atoms with E-state index in [1.165, 1.54) is 5.56 Å². The van der Waals surface area contributed by atoms with Gasteiger partial charge in [-0.1, -0.05) is 30.3 Å². The molecule has 1 aromatic heterocycles. The van der Waals surface area contributed by atoms with Crippen molar-refractivity contribution >= 4 is 10.9 Å². The van der Waals surface area contributed by atoms with Crippen molar-refractivity contribution in [1.29, 1.82) is 0 Å². The number of aromatic nitrogens is 2. The van der Waals surface area contributed by atoms with Crippen molar-refractivity contribution in [1.82, 2.24) is 14.9 Å². The number of rotatable bonds is 3. The second-order valence-electron chi connectivity index (χ2n) is 6.61. The Labute approximate surface area is 150 Å². The Morgan fingerprint density at radius 3 is 2.38 bits per heavy atom. The summed E-state index contributed by atoms with van der Waals surface area (Å²) in [6, 6.07) is 14.3. The zero-order chi connectivity index (χ0) is 18.1. The van der Waals surface area contributed by atoms with Crippen LogP contribution >= 0.6 is 0 Å². The summed E-state index contributed by atoms with van der Waals surface area (Å²) in [7, 11) is 0. The molecule has 1 aliphatic rings. The molecule has 0 radical (unpaired) electrons. The summed E-state index contributed by atoms with van der Waals surface area (Å²) in [6.07, 6.45) is 0.